The summed E-state index contributed by atoms with van der Waals surface area (Å²) >= 11 is 0. The maximum absolute atomic E-state index is 12.0. The molecule has 0 spiro atoms. The molecule has 7 heteroatoms. The van der Waals surface area contributed by atoms with Crippen LogP contribution in [0, 0.1) is 0 Å². The van der Waals surface area contributed by atoms with Gasteiger partial charge in [-0.25, -0.2) is 4.79 Å². The summed E-state index contributed by atoms with van der Waals surface area (Å²) in [4.78, 5) is 18.7. The van der Waals surface area contributed by atoms with E-state index in [1.807, 2.05) is 39.1 Å². The maximum Gasteiger partial charge on any atom is 0.316 e. The molecule has 1 fully saturated rings. The van der Waals surface area contributed by atoms with Crippen LogP contribution >= 0.6 is 0 Å². The Labute approximate surface area is 164 Å². The maximum atomic E-state index is 12.0. The van der Waals surface area contributed by atoms with Crippen molar-refractivity contribution in [1.82, 2.24) is 25.7 Å². The number of likely N-dealkylation sites (tertiary alicyclic amines) is 1. The van der Waals surface area contributed by atoms with Crippen LogP contribution in [0.2, 0.25) is 0 Å². The molecule has 2 atom stereocenters. The molecule has 2 heterocycles. The third kappa shape index (κ3) is 3.71. The minimum absolute atomic E-state index is 0.00828. The van der Waals surface area contributed by atoms with E-state index in [0.29, 0.717) is 11.7 Å². The lowest BCUT2D eigenvalue weighted by molar-refractivity contribution is 0.175. The van der Waals surface area contributed by atoms with Gasteiger partial charge >= 0.3 is 6.03 Å². The number of aromatic nitrogens is 2. The summed E-state index contributed by atoms with van der Waals surface area (Å²) in [5, 5.41) is 12.4. The summed E-state index contributed by atoms with van der Waals surface area (Å²) in [5.41, 5.74) is 0.931. The number of carbonyl (C=O) groups is 1. The highest BCUT2D eigenvalue weighted by atomic mass is 16.5. The fraction of sp³-hybridized carbons (Fsp3) is 0.381. The molecule has 1 aliphatic rings. The highest BCUT2D eigenvalue weighted by molar-refractivity contribution is 5.86. The van der Waals surface area contributed by atoms with Gasteiger partial charge in [-0.1, -0.05) is 41.6 Å². The fourth-order valence-corrected chi connectivity index (χ4v) is 3.68. The number of fused-ring (bicyclic) bond motifs is 1. The number of hydrogen-bond acceptors (Lipinski definition) is 5. The Morgan fingerprint density at radius 1 is 1.18 bits per heavy atom. The van der Waals surface area contributed by atoms with E-state index in [9.17, 15) is 4.79 Å². The number of carbonyl (C=O) groups excluding carboxylic acids is 1. The molecule has 0 radical (unpaired) electrons. The molecule has 1 aromatic heterocycles. The minimum Gasteiger partial charge on any atom is -0.337 e. The topological polar surface area (TPSA) is 83.3 Å². The number of nitrogens with zero attached hydrogens (tertiary/aromatic N) is 3. The fourth-order valence-electron chi connectivity index (χ4n) is 3.68. The second-order valence-corrected chi connectivity index (χ2v) is 7.57. The van der Waals surface area contributed by atoms with E-state index in [0.717, 1.165) is 23.8 Å². The van der Waals surface area contributed by atoms with Gasteiger partial charge in [0.1, 0.15) is 0 Å². The monoisotopic (exact) mass is 379 g/mol. The first-order valence-corrected chi connectivity index (χ1v) is 9.63. The van der Waals surface area contributed by atoms with Gasteiger partial charge in [0.2, 0.25) is 11.7 Å². The SMILES string of the molecule is CC(C)NC(=O)N[C@H]1CC[C@@H](c2nc(-c3ccc4ccccc4c3)no2)N1C. The molecule has 2 aromatic carbocycles. The molecule has 2 N–H and O–H groups in total. The Morgan fingerprint density at radius 2 is 1.96 bits per heavy atom. The second-order valence-electron chi connectivity index (χ2n) is 7.57. The van der Waals surface area contributed by atoms with Crippen LogP contribution in [0.25, 0.3) is 22.2 Å². The van der Waals surface area contributed by atoms with E-state index >= 15 is 0 Å². The molecule has 0 bridgehead atoms. The summed E-state index contributed by atoms with van der Waals surface area (Å²) in [5.74, 6) is 1.17. The molecule has 0 unspecified atom stereocenters. The highest BCUT2D eigenvalue weighted by Gasteiger charge is 2.36. The van der Waals surface area contributed by atoms with Crippen LogP contribution in [-0.2, 0) is 0 Å². The summed E-state index contributed by atoms with van der Waals surface area (Å²) in [6.07, 6.45) is 1.63. The summed E-state index contributed by atoms with van der Waals surface area (Å²) in [7, 11) is 1.97. The van der Waals surface area contributed by atoms with Crippen molar-refractivity contribution in [3.8, 4) is 11.4 Å². The molecule has 0 saturated carbocycles. The Balaban J connectivity index is 1.48. The van der Waals surface area contributed by atoms with Crippen LogP contribution in [0.4, 0.5) is 4.79 Å². The first-order valence-electron chi connectivity index (χ1n) is 9.63. The number of amides is 2. The van der Waals surface area contributed by atoms with Crippen LogP contribution in [0.15, 0.2) is 47.0 Å². The Hall–Kier alpha value is -2.93. The normalized spacial score (nSPS) is 20.0. The average molecular weight is 379 g/mol. The van der Waals surface area contributed by atoms with E-state index in [1.54, 1.807) is 0 Å². The zero-order valence-corrected chi connectivity index (χ0v) is 16.3. The van der Waals surface area contributed by atoms with Crippen LogP contribution in [-0.4, -0.2) is 40.3 Å². The van der Waals surface area contributed by atoms with E-state index < -0.39 is 0 Å². The third-order valence-electron chi connectivity index (χ3n) is 5.15. The van der Waals surface area contributed by atoms with Gasteiger partial charge in [-0.15, -0.1) is 0 Å². The largest absolute Gasteiger partial charge is 0.337 e. The number of rotatable bonds is 4. The number of urea groups is 1. The van der Waals surface area contributed by atoms with Crippen molar-refractivity contribution in [3.05, 3.63) is 48.4 Å². The number of hydrogen-bond donors (Lipinski definition) is 2. The molecule has 3 aromatic rings. The van der Waals surface area contributed by atoms with Crippen molar-refractivity contribution >= 4 is 16.8 Å². The molecule has 2 amide bonds. The van der Waals surface area contributed by atoms with Crippen LogP contribution in [0.5, 0.6) is 0 Å². The van der Waals surface area contributed by atoms with Crippen LogP contribution in [0.1, 0.15) is 38.6 Å². The molecule has 4 rings (SSSR count). The molecule has 7 nitrogen and oxygen atoms in total. The summed E-state index contributed by atoms with van der Waals surface area (Å²) < 4.78 is 5.57. The van der Waals surface area contributed by atoms with Gasteiger partial charge in [0.05, 0.1) is 12.2 Å². The third-order valence-corrected chi connectivity index (χ3v) is 5.15. The van der Waals surface area contributed by atoms with Crippen molar-refractivity contribution in [3.63, 3.8) is 0 Å². The molecule has 146 valence electrons. The van der Waals surface area contributed by atoms with E-state index in [1.165, 1.54) is 5.39 Å². The molecule has 1 aliphatic heterocycles. The van der Waals surface area contributed by atoms with Crippen molar-refractivity contribution < 1.29 is 9.32 Å². The summed E-state index contributed by atoms with van der Waals surface area (Å²) in [6.45, 7) is 3.88. The molecule has 0 aliphatic carbocycles. The Kier molecular flexibility index (Phi) is 5.00. The average Bonchev–Trinajstić information content (AvgIpc) is 3.28. The molecular formula is C21H25N5O2. The van der Waals surface area contributed by atoms with Crippen LogP contribution < -0.4 is 10.6 Å². The van der Waals surface area contributed by atoms with Gasteiger partial charge in [0, 0.05) is 11.6 Å². The van der Waals surface area contributed by atoms with Crippen molar-refractivity contribution in [2.45, 2.75) is 44.9 Å². The van der Waals surface area contributed by atoms with E-state index in [4.69, 9.17) is 4.52 Å². The van der Waals surface area contributed by atoms with Crippen molar-refractivity contribution in [2.75, 3.05) is 7.05 Å². The van der Waals surface area contributed by atoms with E-state index in [-0.39, 0.29) is 24.3 Å². The van der Waals surface area contributed by atoms with Crippen molar-refractivity contribution in [2.24, 2.45) is 0 Å². The first kappa shape index (κ1) is 18.4. The van der Waals surface area contributed by atoms with Gasteiger partial charge in [-0.05, 0) is 50.6 Å². The minimum atomic E-state index is -0.158. The Bertz CT molecular complexity index is 984. The second kappa shape index (κ2) is 7.59. The molecule has 28 heavy (non-hydrogen) atoms. The van der Waals surface area contributed by atoms with Gasteiger partial charge in [-0.2, -0.15) is 4.98 Å². The highest BCUT2D eigenvalue weighted by Crippen LogP contribution is 2.34. The van der Waals surface area contributed by atoms with Gasteiger partial charge in [0.25, 0.3) is 0 Å². The Morgan fingerprint density at radius 3 is 2.75 bits per heavy atom. The van der Waals surface area contributed by atoms with Gasteiger partial charge < -0.3 is 15.2 Å². The van der Waals surface area contributed by atoms with Crippen LogP contribution in [0.3, 0.4) is 0 Å². The predicted octanol–water partition coefficient (Wildman–Crippen LogP) is 3.69. The zero-order valence-electron chi connectivity index (χ0n) is 16.3. The molecular weight excluding hydrogens is 354 g/mol. The number of benzene rings is 2. The number of nitrogens with one attached hydrogen (secondary N) is 2. The molecule has 1 saturated heterocycles. The van der Waals surface area contributed by atoms with Gasteiger partial charge in [-0.3, -0.25) is 4.90 Å². The van der Waals surface area contributed by atoms with Crippen molar-refractivity contribution in [1.29, 1.82) is 0 Å². The predicted molar refractivity (Wildman–Crippen MR) is 108 cm³/mol. The standard InChI is InChI=1S/C21H25N5O2/c1-13(2)22-21(27)23-18-11-10-17(26(18)3)20-24-19(25-28-20)16-9-8-14-6-4-5-7-15(14)12-16/h4-9,12-13,17-18H,10-11H2,1-3H3,(H2,22,23,27)/t17-,18+/m0/s1. The lowest BCUT2D eigenvalue weighted by Gasteiger charge is -2.24. The lowest BCUT2D eigenvalue weighted by Crippen LogP contribution is -2.49. The first-order chi connectivity index (χ1) is 13.5. The quantitative estimate of drug-likeness (QED) is 0.722. The smallest absolute Gasteiger partial charge is 0.316 e. The lowest BCUT2D eigenvalue weighted by atomic mass is 10.1. The summed E-state index contributed by atoms with van der Waals surface area (Å²) in [6, 6.07) is 14.3. The van der Waals surface area contributed by atoms with Gasteiger partial charge in [0.15, 0.2) is 0 Å². The van der Waals surface area contributed by atoms with E-state index in [2.05, 4.69) is 49.9 Å². The zero-order chi connectivity index (χ0) is 19.7.